The minimum absolute atomic E-state index is 0.216. The molecule has 190 valence electrons. The van der Waals surface area contributed by atoms with Crippen molar-refractivity contribution < 1.29 is 27.4 Å². The summed E-state index contributed by atoms with van der Waals surface area (Å²) in [6, 6.07) is 6.54. The zero-order valence-electron chi connectivity index (χ0n) is 20.3. The normalized spacial score (nSPS) is 19.7. The molecule has 0 bridgehead atoms. The summed E-state index contributed by atoms with van der Waals surface area (Å²) in [6.07, 6.45) is -0.331. The summed E-state index contributed by atoms with van der Waals surface area (Å²) in [6.45, 7) is 7.37. The van der Waals surface area contributed by atoms with Gasteiger partial charge in [0.05, 0.1) is 11.6 Å². The van der Waals surface area contributed by atoms with Crippen LogP contribution in [-0.2, 0) is 15.7 Å². The third-order valence-corrected chi connectivity index (χ3v) is 6.54. The van der Waals surface area contributed by atoms with E-state index in [0.717, 1.165) is 42.9 Å². The highest BCUT2D eigenvalue weighted by Crippen LogP contribution is 2.42. The Kier molecular flexibility index (Phi) is 6.99. The first kappa shape index (κ1) is 25.3. The average Bonchev–Trinajstić information content (AvgIpc) is 3.28. The smallest absolute Gasteiger partial charge is 0.419 e. The number of ether oxygens (including phenoxy) is 2. The number of carbonyl (C=O) groups excluding carboxylic acids is 1. The van der Waals surface area contributed by atoms with Gasteiger partial charge in [-0.1, -0.05) is 12.1 Å². The third kappa shape index (κ3) is 5.72. The van der Waals surface area contributed by atoms with Gasteiger partial charge in [0.1, 0.15) is 11.4 Å². The predicted molar refractivity (Wildman–Crippen MR) is 127 cm³/mol. The van der Waals surface area contributed by atoms with Crippen LogP contribution < -0.4 is 5.73 Å². The van der Waals surface area contributed by atoms with Gasteiger partial charge in [0, 0.05) is 31.5 Å². The van der Waals surface area contributed by atoms with E-state index in [9.17, 15) is 18.0 Å². The molecule has 0 aliphatic carbocycles. The Balaban J connectivity index is 1.77. The number of rotatable bonds is 3. The van der Waals surface area contributed by atoms with Gasteiger partial charge in [-0.2, -0.15) is 13.2 Å². The molecule has 0 radical (unpaired) electrons. The number of nitrogen functional groups attached to an aromatic ring is 1. The fourth-order valence-electron chi connectivity index (χ4n) is 4.91. The lowest BCUT2D eigenvalue weighted by molar-refractivity contribution is -0.137. The molecule has 2 saturated heterocycles. The Morgan fingerprint density at radius 3 is 2.46 bits per heavy atom. The SMILES string of the molecule is CC(C)(C)OC(=O)N1CCC[C@H]1c1cc(-c2cnc(N)c(C(F)(F)F)c2)ccc1C1CCOCC1. The first-order valence-electron chi connectivity index (χ1n) is 12.0. The molecule has 2 N–H and O–H groups in total. The van der Waals surface area contributed by atoms with Crippen molar-refractivity contribution in [3.05, 3.63) is 47.2 Å². The molecule has 0 spiro atoms. The number of aromatic nitrogens is 1. The summed E-state index contributed by atoms with van der Waals surface area (Å²) in [7, 11) is 0. The lowest BCUT2D eigenvalue weighted by Crippen LogP contribution is -2.36. The summed E-state index contributed by atoms with van der Waals surface area (Å²) < 4.78 is 51.6. The van der Waals surface area contributed by atoms with Crippen molar-refractivity contribution in [2.24, 2.45) is 0 Å². The van der Waals surface area contributed by atoms with Gasteiger partial charge in [0.25, 0.3) is 0 Å². The van der Waals surface area contributed by atoms with Crippen LogP contribution in [0.4, 0.5) is 23.8 Å². The van der Waals surface area contributed by atoms with Crippen LogP contribution in [0.3, 0.4) is 0 Å². The van der Waals surface area contributed by atoms with Crippen LogP contribution in [0.25, 0.3) is 11.1 Å². The van der Waals surface area contributed by atoms with E-state index in [4.69, 9.17) is 15.2 Å². The van der Waals surface area contributed by atoms with Crippen LogP contribution in [0.2, 0.25) is 0 Å². The Labute approximate surface area is 203 Å². The number of pyridine rings is 1. The van der Waals surface area contributed by atoms with Crippen molar-refractivity contribution in [3.8, 4) is 11.1 Å². The monoisotopic (exact) mass is 491 g/mol. The van der Waals surface area contributed by atoms with Crippen molar-refractivity contribution in [3.63, 3.8) is 0 Å². The number of carbonyl (C=O) groups is 1. The first-order chi connectivity index (χ1) is 16.4. The molecule has 6 nitrogen and oxygen atoms in total. The number of anilines is 1. The number of hydrogen-bond acceptors (Lipinski definition) is 5. The Morgan fingerprint density at radius 2 is 1.80 bits per heavy atom. The molecule has 0 unspecified atom stereocenters. The zero-order valence-corrected chi connectivity index (χ0v) is 20.3. The molecule has 1 aromatic carbocycles. The molecule has 2 fully saturated rings. The van der Waals surface area contributed by atoms with Crippen LogP contribution in [0.1, 0.15) is 75.1 Å². The predicted octanol–water partition coefficient (Wildman–Crippen LogP) is 6.32. The van der Waals surface area contributed by atoms with E-state index >= 15 is 0 Å². The molecule has 1 atom stereocenters. The van der Waals surface area contributed by atoms with E-state index in [1.807, 2.05) is 39.0 Å². The van der Waals surface area contributed by atoms with Gasteiger partial charge in [-0.15, -0.1) is 0 Å². The van der Waals surface area contributed by atoms with E-state index in [1.165, 1.54) is 6.20 Å². The molecule has 2 aliphatic heterocycles. The molecule has 9 heteroatoms. The molecule has 0 saturated carbocycles. The molecule has 1 amide bonds. The minimum atomic E-state index is -4.60. The number of amides is 1. The lowest BCUT2D eigenvalue weighted by atomic mass is 9.84. The lowest BCUT2D eigenvalue weighted by Gasteiger charge is -2.32. The van der Waals surface area contributed by atoms with Crippen molar-refractivity contribution in [1.82, 2.24) is 9.88 Å². The van der Waals surface area contributed by atoms with Gasteiger partial charge in [-0.05, 0) is 81.2 Å². The number of alkyl halides is 3. The summed E-state index contributed by atoms with van der Waals surface area (Å²) in [5.41, 5.74) is 6.91. The molecule has 3 heterocycles. The molecule has 2 aromatic rings. The standard InChI is InChI=1S/C26H32F3N3O3/c1-25(2,3)35-24(33)32-10-4-5-22(32)20-13-17(6-7-19(20)16-8-11-34-12-9-16)18-14-21(26(27,28)29)23(30)31-15-18/h6-7,13-16,22H,4-5,8-12H2,1-3H3,(H2,30,31)/t22-/m0/s1. The van der Waals surface area contributed by atoms with Crippen LogP contribution in [0.15, 0.2) is 30.5 Å². The largest absolute Gasteiger partial charge is 0.444 e. The topological polar surface area (TPSA) is 77.7 Å². The van der Waals surface area contributed by atoms with Crippen molar-refractivity contribution in [2.75, 3.05) is 25.5 Å². The Bertz CT molecular complexity index is 1080. The fourth-order valence-corrected chi connectivity index (χ4v) is 4.91. The summed E-state index contributed by atoms with van der Waals surface area (Å²) in [5, 5.41) is 0. The number of likely N-dealkylation sites (tertiary alicyclic amines) is 1. The van der Waals surface area contributed by atoms with Crippen LogP contribution in [-0.4, -0.2) is 41.3 Å². The second-order valence-electron chi connectivity index (χ2n) is 10.2. The van der Waals surface area contributed by atoms with E-state index in [2.05, 4.69) is 4.98 Å². The van der Waals surface area contributed by atoms with Gasteiger partial charge in [-0.3, -0.25) is 0 Å². The van der Waals surface area contributed by atoms with Crippen molar-refractivity contribution >= 4 is 11.9 Å². The fraction of sp³-hybridized carbons (Fsp3) is 0.538. The highest BCUT2D eigenvalue weighted by molar-refractivity contribution is 5.71. The highest BCUT2D eigenvalue weighted by Gasteiger charge is 2.36. The van der Waals surface area contributed by atoms with Gasteiger partial charge < -0.3 is 20.1 Å². The maximum absolute atomic E-state index is 13.5. The third-order valence-electron chi connectivity index (χ3n) is 6.54. The Morgan fingerprint density at radius 1 is 1.09 bits per heavy atom. The Hall–Kier alpha value is -2.81. The highest BCUT2D eigenvalue weighted by atomic mass is 19.4. The maximum Gasteiger partial charge on any atom is 0.419 e. The van der Waals surface area contributed by atoms with Crippen LogP contribution >= 0.6 is 0 Å². The molecule has 1 aromatic heterocycles. The first-order valence-corrected chi connectivity index (χ1v) is 12.0. The second-order valence-corrected chi connectivity index (χ2v) is 10.2. The number of nitrogens with two attached hydrogens (primary N) is 1. The second kappa shape index (κ2) is 9.68. The minimum Gasteiger partial charge on any atom is -0.444 e. The summed E-state index contributed by atoms with van der Waals surface area (Å²) >= 11 is 0. The maximum atomic E-state index is 13.5. The average molecular weight is 492 g/mol. The van der Waals surface area contributed by atoms with Gasteiger partial charge in [0.15, 0.2) is 0 Å². The van der Waals surface area contributed by atoms with Gasteiger partial charge >= 0.3 is 12.3 Å². The number of benzene rings is 1. The van der Waals surface area contributed by atoms with Crippen molar-refractivity contribution in [2.45, 2.75) is 70.2 Å². The van der Waals surface area contributed by atoms with Crippen molar-refractivity contribution in [1.29, 1.82) is 0 Å². The number of hydrogen-bond donors (Lipinski definition) is 1. The van der Waals surface area contributed by atoms with E-state index in [0.29, 0.717) is 30.9 Å². The molecule has 4 rings (SSSR count). The van der Waals surface area contributed by atoms with Crippen LogP contribution in [0.5, 0.6) is 0 Å². The zero-order chi connectivity index (χ0) is 25.4. The van der Waals surface area contributed by atoms with Crippen LogP contribution in [0, 0.1) is 0 Å². The quantitative estimate of drug-likeness (QED) is 0.544. The summed E-state index contributed by atoms with van der Waals surface area (Å²) in [4.78, 5) is 18.6. The van der Waals surface area contributed by atoms with E-state index in [-0.39, 0.29) is 18.1 Å². The number of halogens is 3. The molecular weight excluding hydrogens is 459 g/mol. The van der Waals surface area contributed by atoms with Gasteiger partial charge in [-0.25, -0.2) is 9.78 Å². The van der Waals surface area contributed by atoms with Gasteiger partial charge in [0.2, 0.25) is 0 Å². The molecule has 35 heavy (non-hydrogen) atoms. The number of nitrogens with zero attached hydrogens (tertiary/aromatic N) is 2. The van der Waals surface area contributed by atoms with E-state index < -0.39 is 23.2 Å². The van der Waals surface area contributed by atoms with E-state index in [1.54, 1.807) is 4.90 Å². The molecular formula is C26H32F3N3O3. The summed E-state index contributed by atoms with van der Waals surface area (Å²) in [5.74, 6) is -0.295. The molecule has 2 aliphatic rings.